The molecule has 2 heterocycles. The van der Waals surface area contributed by atoms with Gasteiger partial charge in [-0.3, -0.25) is 9.69 Å². The highest BCUT2D eigenvalue weighted by molar-refractivity contribution is 5.87. The van der Waals surface area contributed by atoms with Crippen LogP contribution in [0.1, 0.15) is 38.2 Å². The Morgan fingerprint density at radius 1 is 1.12 bits per heavy atom. The van der Waals surface area contributed by atoms with Crippen LogP contribution in [0.2, 0.25) is 0 Å². The monoisotopic (exact) mass is 344 g/mol. The molecule has 1 amide bonds. The van der Waals surface area contributed by atoms with Gasteiger partial charge in [-0.15, -0.1) is 0 Å². The molecular formula is C20H28N2O3. The van der Waals surface area contributed by atoms with Gasteiger partial charge in [0.1, 0.15) is 6.04 Å². The number of carboxylic acid groups (broad SMARTS) is 1. The molecule has 0 saturated carbocycles. The first-order valence-electron chi connectivity index (χ1n) is 9.37. The van der Waals surface area contributed by atoms with E-state index in [0.717, 1.165) is 38.8 Å². The van der Waals surface area contributed by atoms with Gasteiger partial charge in [-0.1, -0.05) is 30.3 Å². The second-order valence-corrected chi connectivity index (χ2v) is 7.37. The second-order valence-electron chi connectivity index (χ2n) is 7.37. The molecule has 136 valence electrons. The van der Waals surface area contributed by atoms with Gasteiger partial charge < -0.3 is 10.0 Å². The summed E-state index contributed by atoms with van der Waals surface area (Å²) in [5, 5.41) is 9.29. The number of piperidine rings is 1. The van der Waals surface area contributed by atoms with Gasteiger partial charge in [0, 0.05) is 6.54 Å². The molecule has 1 aromatic rings. The van der Waals surface area contributed by atoms with Crippen LogP contribution in [0.4, 0.5) is 0 Å². The van der Waals surface area contributed by atoms with Gasteiger partial charge in [-0.05, 0) is 63.6 Å². The van der Waals surface area contributed by atoms with E-state index in [1.54, 1.807) is 4.90 Å². The van der Waals surface area contributed by atoms with Gasteiger partial charge in [0.15, 0.2) is 0 Å². The molecule has 0 bridgehead atoms. The first kappa shape index (κ1) is 17.9. The van der Waals surface area contributed by atoms with Crippen molar-refractivity contribution in [1.29, 1.82) is 0 Å². The summed E-state index contributed by atoms with van der Waals surface area (Å²) in [5.41, 5.74) is 1.38. The molecule has 5 nitrogen and oxygen atoms in total. The number of nitrogens with zero attached hydrogens (tertiary/aromatic N) is 2. The lowest BCUT2D eigenvalue weighted by Crippen LogP contribution is -2.52. The van der Waals surface area contributed by atoms with Crippen molar-refractivity contribution >= 4 is 11.9 Å². The number of rotatable bonds is 5. The number of hydrogen-bond acceptors (Lipinski definition) is 3. The first-order chi connectivity index (χ1) is 12.1. The largest absolute Gasteiger partial charge is 0.480 e. The minimum absolute atomic E-state index is 0.0218. The Morgan fingerprint density at radius 3 is 2.44 bits per heavy atom. The van der Waals surface area contributed by atoms with Crippen molar-refractivity contribution in [2.75, 3.05) is 19.6 Å². The molecule has 1 aromatic carbocycles. The second kappa shape index (κ2) is 8.00. The Morgan fingerprint density at radius 2 is 1.80 bits per heavy atom. The molecule has 0 radical (unpaired) electrons. The molecule has 2 aliphatic rings. The first-order valence-corrected chi connectivity index (χ1v) is 9.37. The van der Waals surface area contributed by atoms with Gasteiger partial charge in [0.05, 0.1) is 6.04 Å². The van der Waals surface area contributed by atoms with Crippen molar-refractivity contribution in [3.05, 3.63) is 35.9 Å². The summed E-state index contributed by atoms with van der Waals surface area (Å²) in [5.74, 6) is -0.231. The fourth-order valence-electron chi connectivity index (χ4n) is 4.18. The highest BCUT2D eigenvalue weighted by Crippen LogP contribution is 2.25. The van der Waals surface area contributed by atoms with Gasteiger partial charge in [-0.25, -0.2) is 4.79 Å². The molecule has 1 N–H and O–H groups in total. The lowest BCUT2D eigenvalue weighted by atomic mass is 9.89. The third-order valence-electron chi connectivity index (χ3n) is 5.74. The third-order valence-corrected chi connectivity index (χ3v) is 5.74. The SMILES string of the molecule is C[C@@H](C(=O)N1CCC[C@@H]1C(=O)O)N1CCC(Cc2ccccc2)CC1. The lowest BCUT2D eigenvalue weighted by molar-refractivity contribution is -0.150. The maximum absolute atomic E-state index is 12.8. The zero-order chi connectivity index (χ0) is 17.8. The van der Waals surface area contributed by atoms with Crippen molar-refractivity contribution in [1.82, 2.24) is 9.80 Å². The summed E-state index contributed by atoms with van der Waals surface area (Å²) in [6.45, 7) is 4.33. The van der Waals surface area contributed by atoms with Gasteiger partial charge >= 0.3 is 5.97 Å². The molecule has 25 heavy (non-hydrogen) atoms. The molecule has 2 saturated heterocycles. The summed E-state index contributed by atoms with van der Waals surface area (Å²) < 4.78 is 0. The molecule has 0 aromatic heterocycles. The van der Waals surface area contributed by atoms with E-state index in [-0.39, 0.29) is 11.9 Å². The number of benzene rings is 1. The van der Waals surface area contributed by atoms with Crippen LogP contribution < -0.4 is 0 Å². The molecule has 5 heteroatoms. The minimum Gasteiger partial charge on any atom is -0.480 e. The van der Waals surface area contributed by atoms with Crippen LogP contribution in [0.5, 0.6) is 0 Å². The standard InChI is InChI=1S/C20H28N2O3/c1-15(19(23)22-11-5-8-18(22)20(24)25)21-12-9-17(10-13-21)14-16-6-3-2-4-7-16/h2-4,6-7,15,17-18H,5,8-14H2,1H3,(H,24,25)/t15-,18+/m0/s1. The number of amides is 1. The number of carboxylic acids is 1. The van der Waals surface area contributed by atoms with E-state index in [0.29, 0.717) is 18.9 Å². The van der Waals surface area contributed by atoms with E-state index in [1.807, 2.05) is 13.0 Å². The minimum atomic E-state index is -0.875. The molecule has 0 aliphatic carbocycles. The zero-order valence-electron chi connectivity index (χ0n) is 14.9. The van der Waals surface area contributed by atoms with Crippen LogP contribution in [0, 0.1) is 5.92 Å². The smallest absolute Gasteiger partial charge is 0.326 e. The Labute approximate surface area is 149 Å². The molecule has 0 spiro atoms. The normalized spacial score (nSPS) is 23.6. The molecule has 0 unspecified atom stereocenters. The topological polar surface area (TPSA) is 60.9 Å². The van der Waals surface area contributed by atoms with E-state index >= 15 is 0 Å². The van der Waals surface area contributed by atoms with E-state index < -0.39 is 12.0 Å². The Bertz CT molecular complexity index is 596. The van der Waals surface area contributed by atoms with Crippen molar-refractivity contribution in [2.45, 2.75) is 51.1 Å². The fraction of sp³-hybridized carbons (Fsp3) is 0.600. The average Bonchev–Trinajstić information content (AvgIpc) is 3.12. The summed E-state index contributed by atoms with van der Waals surface area (Å²) in [7, 11) is 0. The number of hydrogen-bond donors (Lipinski definition) is 1. The van der Waals surface area contributed by atoms with Gasteiger partial charge in [-0.2, -0.15) is 0 Å². The van der Waals surface area contributed by atoms with E-state index in [9.17, 15) is 14.7 Å². The van der Waals surface area contributed by atoms with Crippen molar-refractivity contribution < 1.29 is 14.7 Å². The van der Waals surface area contributed by atoms with Crippen LogP contribution in [0.25, 0.3) is 0 Å². The Balaban J connectivity index is 1.52. The van der Waals surface area contributed by atoms with Crippen LogP contribution in [-0.4, -0.2) is 58.5 Å². The van der Waals surface area contributed by atoms with Crippen LogP contribution in [0.3, 0.4) is 0 Å². The maximum atomic E-state index is 12.8. The van der Waals surface area contributed by atoms with Crippen LogP contribution in [-0.2, 0) is 16.0 Å². The molecule has 2 aliphatic heterocycles. The predicted molar refractivity (Wildman–Crippen MR) is 96.3 cm³/mol. The Hall–Kier alpha value is -1.88. The fourth-order valence-corrected chi connectivity index (χ4v) is 4.18. The van der Waals surface area contributed by atoms with Gasteiger partial charge in [0.2, 0.25) is 5.91 Å². The van der Waals surface area contributed by atoms with Crippen molar-refractivity contribution in [3.63, 3.8) is 0 Å². The van der Waals surface area contributed by atoms with Crippen molar-refractivity contribution in [3.8, 4) is 0 Å². The summed E-state index contributed by atoms with van der Waals surface area (Å²) in [6.07, 6.45) is 4.65. The highest BCUT2D eigenvalue weighted by atomic mass is 16.4. The lowest BCUT2D eigenvalue weighted by Gasteiger charge is -2.37. The van der Waals surface area contributed by atoms with Crippen LogP contribution in [0.15, 0.2) is 30.3 Å². The number of aliphatic carboxylic acids is 1. The van der Waals surface area contributed by atoms with E-state index in [4.69, 9.17) is 0 Å². The summed E-state index contributed by atoms with van der Waals surface area (Å²) in [4.78, 5) is 27.9. The predicted octanol–water partition coefficient (Wildman–Crippen LogP) is 2.41. The number of carbonyl (C=O) groups is 2. The molecule has 2 atom stereocenters. The quantitative estimate of drug-likeness (QED) is 0.891. The summed E-state index contributed by atoms with van der Waals surface area (Å²) in [6, 6.07) is 9.71. The van der Waals surface area contributed by atoms with Crippen molar-refractivity contribution in [2.24, 2.45) is 5.92 Å². The van der Waals surface area contributed by atoms with E-state index in [2.05, 4.69) is 29.2 Å². The van der Waals surface area contributed by atoms with Crippen LogP contribution >= 0.6 is 0 Å². The number of likely N-dealkylation sites (tertiary alicyclic amines) is 2. The zero-order valence-corrected chi connectivity index (χ0v) is 14.9. The number of carbonyl (C=O) groups excluding carboxylic acids is 1. The average molecular weight is 344 g/mol. The van der Waals surface area contributed by atoms with Gasteiger partial charge in [0.25, 0.3) is 0 Å². The summed E-state index contributed by atoms with van der Waals surface area (Å²) >= 11 is 0. The third kappa shape index (κ3) is 4.21. The molecular weight excluding hydrogens is 316 g/mol. The molecule has 2 fully saturated rings. The Kier molecular flexibility index (Phi) is 5.74. The maximum Gasteiger partial charge on any atom is 0.326 e. The highest BCUT2D eigenvalue weighted by Gasteiger charge is 2.38. The molecule has 3 rings (SSSR count). The van der Waals surface area contributed by atoms with E-state index in [1.165, 1.54) is 5.56 Å².